The molecule has 1 fully saturated rings. The van der Waals surface area contributed by atoms with Gasteiger partial charge in [-0.3, -0.25) is 14.4 Å². The second kappa shape index (κ2) is 9.54. The van der Waals surface area contributed by atoms with Gasteiger partial charge in [-0.15, -0.1) is 0 Å². The Bertz CT molecular complexity index is 1590. The number of rotatable bonds is 5. The molecule has 1 N–H and O–H groups in total. The van der Waals surface area contributed by atoms with Crippen LogP contribution in [0.5, 0.6) is 0 Å². The Morgan fingerprint density at radius 3 is 2.29 bits per heavy atom. The number of Topliss-reactive ketones (excluding diaryl/α,β-unsaturated/α-hetero) is 2. The summed E-state index contributed by atoms with van der Waals surface area (Å²) < 4.78 is 0. The number of fused-ring (bicyclic) bond motifs is 6. The minimum Gasteiger partial charge on any atom is -0.352 e. The number of hydrogen-bond donors (Lipinski definition) is 1. The molecule has 0 bridgehead atoms. The van der Waals surface area contributed by atoms with E-state index in [1.807, 2.05) is 100 Å². The molecule has 4 atom stereocenters. The molecule has 0 saturated carbocycles. The van der Waals surface area contributed by atoms with Crippen LogP contribution in [0.2, 0.25) is 0 Å². The van der Waals surface area contributed by atoms with E-state index in [0.717, 1.165) is 34.4 Å². The van der Waals surface area contributed by atoms with Crippen LogP contribution >= 0.6 is 0 Å². The molecule has 1 spiro atoms. The van der Waals surface area contributed by atoms with E-state index in [-0.39, 0.29) is 17.5 Å². The number of ketones is 2. The molecule has 5 heteroatoms. The predicted molar refractivity (Wildman–Crippen MR) is 164 cm³/mol. The van der Waals surface area contributed by atoms with Crippen molar-refractivity contribution in [3.63, 3.8) is 0 Å². The maximum absolute atomic E-state index is 14.9. The van der Waals surface area contributed by atoms with Crippen LogP contribution in [-0.2, 0) is 21.4 Å². The minimum atomic E-state index is -1.27. The van der Waals surface area contributed by atoms with E-state index in [2.05, 4.69) is 30.1 Å². The second-order valence-electron chi connectivity index (χ2n) is 13.3. The molecule has 1 amide bonds. The van der Waals surface area contributed by atoms with Crippen LogP contribution in [0.4, 0.5) is 11.4 Å². The third-order valence-corrected chi connectivity index (χ3v) is 9.06. The molecule has 3 aliphatic rings. The molecule has 3 heterocycles. The molecule has 5 nitrogen and oxygen atoms in total. The Hall–Kier alpha value is -3.99. The van der Waals surface area contributed by atoms with Crippen LogP contribution in [0.25, 0.3) is 5.57 Å². The number of allylic oxidation sites excluding steroid dienone is 1. The number of hydrogen-bond acceptors (Lipinski definition) is 4. The summed E-state index contributed by atoms with van der Waals surface area (Å²) in [6, 6.07) is 22.1. The smallest absolute Gasteiger partial charge is 0.238 e. The molecular formula is C36H38N2O3. The lowest BCUT2D eigenvalue weighted by Crippen LogP contribution is -2.51. The summed E-state index contributed by atoms with van der Waals surface area (Å²) in [5, 5.41) is 3.11. The number of nitrogens with zero attached hydrogens (tertiary/aromatic N) is 1. The van der Waals surface area contributed by atoms with Crippen molar-refractivity contribution in [1.29, 1.82) is 0 Å². The van der Waals surface area contributed by atoms with E-state index in [0.29, 0.717) is 17.2 Å². The summed E-state index contributed by atoms with van der Waals surface area (Å²) in [5.74, 6) is -0.874. The Labute approximate surface area is 242 Å². The normalized spacial score (nSPS) is 24.6. The van der Waals surface area contributed by atoms with Crippen molar-refractivity contribution in [2.75, 3.05) is 10.2 Å². The Kier molecular flexibility index (Phi) is 6.33. The number of anilines is 2. The highest BCUT2D eigenvalue weighted by molar-refractivity contribution is 6.17. The highest BCUT2D eigenvalue weighted by atomic mass is 16.2. The van der Waals surface area contributed by atoms with Crippen LogP contribution in [-0.4, -0.2) is 29.6 Å². The molecule has 4 unspecified atom stereocenters. The van der Waals surface area contributed by atoms with Crippen molar-refractivity contribution >= 4 is 34.4 Å². The summed E-state index contributed by atoms with van der Waals surface area (Å²) in [6.07, 6.45) is 3.02. The highest BCUT2D eigenvalue weighted by Gasteiger charge is 2.71. The third kappa shape index (κ3) is 4.00. The summed E-state index contributed by atoms with van der Waals surface area (Å²) in [5.41, 5.74) is 4.10. The summed E-state index contributed by atoms with van der Waals surface area (Å²) in [6.45, 7) is 12.1. The van der Waals surface area contributed by atoms with E-state index in [1.165, 1.54) is 0 Å². The molecule has 210 valence electrons. The average Bonchev–Trinajstić information content (AvgIpc) is 3.40. The molecule has 0 radical (unpaired) electrons. The van der Waals surface area contributed by atoms with Crippen molar-refractivity contribution in [2.24, 2.45) is 17.3 Å². The van der Waals surface area contributed by atoms with Gasteiger partial charge >= 0.3 is 0 Å². The molecule has 6 rings (SSSR count). The van der Waals surface area contributed by atoms with Gasteiger partial charge < -0.3 is 10.2 Å². The predicted octanol–water partition coefficient (Wildman–Crippen LogP) is 6.86. The maximum atomic E-state index is 14.9. The lowest BCUT2D eigenvalue weighted by atomic mass is 9.63. The summed E-state index contributed by atoms with van der Waals surface area (Å²) in [4.78, 5) is 46.0. The van der Waals surface area contributed by atoms with Gasteiger partial charge in [-0.05, 0) is 48.1 Å². The van der Waals surface area contributed by atoms with Gasteiger partial charge in [-0.1, -0.05) is 101 Å². The van der Waals surface area contributed by atoms with E-state index in [4.69, 9.17) is 0 Å². The molecule has 1 saturated heterocycles. The molecule has 41 heavy (non-hydrogen) atoms. The molecule has 3 aromatic carbocycles. The van der Waals surface area contributed by atoms with Gasteiger partial charge in [0, 0.05) is 27.9 Å². The maximum Gasteiger partial charge on any atom is 0.238 e. The van der Waals surface area contributed by atoms with Crippen molar-refractivity contribution in [3.05, 3.63) is 101 Å². The van der Waals surface area contributed by atoms with Crippen LogP contribution < -0.4 is 10.2 Å². The number of para-hydroxylation sites is 2. The minimum absolute atomic E-state index is 0.0471. The second-order valence-corrected chi connectivity index (χ2v) is 13.3. The lowest BCUT2D eigenvalue weighted by Gasteiger charge is -2.39. The van der Waals surface area contributed by atoms with Gasteiger partial charge in [0.25, 0.3) is 0 Å². The topological polar surface area (TPSA) is 66.5 Å². The standard InChI is InChI=1S/C36H38N2O3/c1-21(2)19-23-15-17-24(18-16-23)32(39)30-31(33(40)35(4,5)6)38-28-14-10-7-11-25(28)22(3)20-29(38)36(30)26-12-8-9-13-27(26)37-34(36)41/h7-18,20-21,29-31H,19H2,1-6H3,(H,37,41). The first kappa shape index (κ1) is 27.2. The SMILES string of the molecule is CC1=CC2N(c3ccccc31)C(C(=O)C(C)(C)C)C(C(=O)c1ccc(CC(C)C)cc1)C21C(=O)Nc2ccccc21. The Morgan fingerprint density at radius 1 is 0.951 bits per heavy atom. The van der Waals surface area contributed by atoms with E-state index in [9.17, 15) is 14.4 Å². The molecule has 3 aromatic rings. The van der Waals surface area contributed by atoms with E-state index < -0.39 is 28.8 Å². The van der Waals surface area contributed by atoms with Gasteiger partial charge in [-0.25, -0.2) is 0 Å². The zero-order valence-electron chi connectivity index (χ0n) is 24.7. The quantitative estimate of drug-likeness (QED) is 0.355. The Morgan fingerprint density at radius 2 is 1.61 bits per heavy atom. The Balaban J connectivity index is 1.63. The first-order chi connectivity index (χ1) is 19.5. The van der Waals surface area contributed by atoms with E-state index in [1.54, 1.807) is 0 Å². The van der Waals surface area contributed by atoms with Crippen molar-refractivity contribution in [1.82, 2.24) is 0 Å². The average molecular weight is 547 g/mol. The fourth-order valence-electron chi connectivity index (χ4n) is 7.29. The monoisotopic (exact) mass is 546 g/mol. The number of carbonyl (C=O) groups excluding carboxylic acids is 3. The van der Waals surface area contributed by atoms with Crippen molar-refractivity contribution in [3.8, 4) is 0 Å². The van der Waals surface area contributed by atoms with Crippen LogP contribution in [0.3, 0.4) is 0 Å². The van der Waals surface area contributed by atoms with Gasteiger partial charge in [0.05, 0.1) is 12.0 Å². The van der Waals surface area contributed by atoms with Crippen molar-refractivity contribution in [2.45, 2.75) is 65.5 Å². The number of amides is 1. The fraction of sp³-hybridized carbons (Fsp3) is 0.361. The van der Waals surface area contributed by atoms with Gasteiger partial charge in [-0.2, -0.15) is 0 Å². The van der Waals surface area contributed by atoms with Gasteiger partial charge in [0.15, 0.2) is 11.6 Å². The zero-order valence-corrected chi connectivity index (χ0v) is 24.7. The van der Waals surface area contributed by atoms with Crippen LogP contribution in [0.1, 0.15) is 68.6 Å². The molecule has 0 aliphatic carbocycles. The first-order valence-corrected chi connectivity index (χ1v) is 14.6. The number of nitrogens with one attached hydrogen (secondary N) is 1. The zero-order chi connectivity index (χ0) is 29.3. The van der Waals surface area contributed by atoms with Gasteiger partial charge in [0.1, 0.15) is 11.5 Å². The largest absolute Gasteiger partial charge is 0.352 e. The lowest BCUT2D eigenvalue weighted by molar-refractivity contribution is -0.128. The number of benzene rings is 3. The van der Waals surface area contributed by atoms with Crippen LogP contribution in [0, 0.1) is 17.3 Å². The fourth-order valence-corrected chi connectivity index (χ4v) is 7.29. The summed E-state index contributed by atoms with van der Waals surface area (Å²) in [7, 11) is 0. The van der Waals surface area contributed by atoms with Gasteiger partial charge in [0.2, 0.25) is 5.91 Å². The first-order valence-electron chi connectivity index (χ1n) is 14.6. The van der Waals surface area contributed by atoms with Crippen LogP contribution in [0.15, 0.2) is 78.9 Å². The molecule has 0 aromatic heterocycles. The summed E-state index contributed by atoms with van der Waals surface area (Å²) >= 11 is 0. The highest BCUT2D eigenvalue weighted by Crippen LogP contribution is 2.59. The number of carbonyl (C=O) groups is 3. The molecule has 3 aliphatic heterocycles. The molecular weight excluding hydrogens is 508 g/mol. The van der Waals surface area contributed by atoms with E-state index >= 15 is 0 Å². The van der Waals surface area contributed by atoms with Crippen molar-refractivity contribution < 1.29 is 14.4 Å². The third-order valence-electron chi connectivity index (χ3n) is 9.06.